The molecule has 1 unspecified atom stereocenters. The minimum absolute atomic E-state index is 0.312. The predicted molar refractivity (Wildman–Crippen MR) is 71.8 cm³/mol. The van der Waals surface area contributed by atoms with Gasteiger partial charge >= 0.3 is 0 Å². The van der Waals surface area contributed by atoms with Crippen LogP contribution in [0.4, 0.5) is 10.2 Å². The van der Waals surface area contributed by atoms with Crippen LogP contribution in [0.3, 0.4) is 0 Å². The van der Waals surface area contributed by atoms with Crippen molar-refractivity contribution in [2.75, 3.05) is 11.9 Å². The van der Waals surface area contributed by atoms with Crippen molar-refractivity contribution in [3.05, 3.63) is 58.4 Å². The van der Waals surface area contributed by atoms with Crippen LogP contribution in [0.1, 0.15) is 11.7 Å². The third kappa shape index (κ3) is 3.51. The molecule has 1 aromatic carbocycles. The van der Waals surface area contributed by atoms with Crippen molar-refractivity contribution in [2.24, 2.45) is 0 Å². The van der Waals surface area contributed by atoms with Gasteiger partial charge in [0.05, 0.1) is 6.10 Å². The molecule has 1 aromatic heterocycles. The molecule has 2 aromatic rings. The number of aromatic nitrogens is 1. The topological polar surface area (TPSA) is 45.1 Å². The van der Waals surface area contributed by atoms with Crippen molar-refractivity contribution in [2.45, 2.75) is 6.10 Å². The van der Waals surface area contributed by atoms with Gasteiger partial charge in [0, 0.05) is 17.2 Å². The molecule has 3 nitrogen and oxygen atoms in total. The van der Waals surface area contributed by atoms with Gasteiger partial charge in [0.25, 0.3) is 0 Å². The Hall–Kier alpha value is -1.46. The normalized spacial score (nSPS) is 12.2. The molecule has 0 saturated carbocycles. The standard InChI is InChI=1S/C13H12BrFN2O/c14-10-3-6-13(16-7-10)17-8-12(18)9-1-4-11(15)5-2-9/h1-7,12,18H,8H2,(H,16,17). The van der Waals surface area contributed by atoms with E-state index in [9.17, 15) is 9.50 Å². The molecule has 0 bridgehead atoms. The molecule has 0 aliphatic carbocycles. The minimum Gasteiger partial charge on any atom is -0.387 e. The van der Waals surface area contributed by atoms with Gasteiger partial charge in [-0.25, -0.2) is 9.37 Å². The average Bonchev–Trinajstić information content (AvgIpc) is 2.38. The number of halogens is 2. The number of hydrogen-bond acceptors (Lipinski definition) is 3. The van der Waals surface area contributed by atoms with E-state index in [1.807, 2.05) is 12.1 Å². The molecule has 94 valence electrons. The lowest BCUT2D eigenvalue weighted by atomic mass is 10.1. The van der Waals surface area contributed by atoms with E-state index in [1.165, 1.54) is 12.1 Å². The fourth-order valence-electron chi connectivity index (χ4n) is 1.48. The largest absolute Gasteiger partial charge is 0.387 e. The number of rotatable bonds is 4. The maximum absolute atomic E-state index is 12.7. The molecular formula is C13H12BrFN2O. The monoisotopic (exact) mass is 310 g/mol. The summed E-state index contributed by atoms with van der Waals surface area (Å²) in [7, 11) is 0. The van der Waals surface area contributed by atoms with Crippen molar-refractivity contribution in [1.82, 2.24) is 4.98 Å². The Kier molecular flexibility index (Phi) is 4.28. The fourth-order valence-corrected chi connectivity index (χ4v) is 1.72. The molecule has 2 rings (SSSR count). The van der Waals surface area contributed by atoms with E-state index in [-0.39, 0.29) is 5.82 Å². The molecule has 0 amide bonds. The van der Waals surface area contributed by atoms with Gasteiger partial charge in [0.2, 0.25) is 0 Å². The van der Waals surface area contributed by atoms with Crippen LogP contribution in [-0.2, 0) is 0 Å². The summed E-state index contributed by atoms with van der Waals surface area (Å²) in [5, 5.41) is 12.9. The maximum atomic E-state index is 12.7. The van der Waals surface area contributed by atoms with Crippen molar-refractivity contribution < 1.29 is 9.50 Å². The molecule has 5 heteroatoms. The van der Waals surface area contributed by atoms with Crippen LogP contribution in [-0.4, -0.2) is 16.6 Å². The number of nitrogens with zero attached hydrogens (tertiary/aromatic N) is 1. The van der Waals surface area contributed by atoms with Crippen LogP contribution in [0.25, 0.3) is 0 Å². The first-order chi connectivity index (χ1) is 8.65. The van der Waals surface area contributed by atoms with E-state index in [2.05, 4.69) is 26.2 Å². The van der Waals surface area contributed by atoms with Gasteiger partial charge in [-0.15, -0.1) is 0 Å². The van der Waals surface area contributed by atoms with E-state index >= 15 is 0 Å². The van der Waals surface area contributed by atoms with E-state index in [0.717, 1.165) is 4.47 Å². The Balaban J connectivity index is 1.93. The molecule has 2 N–H and O–H groups in total. The van der Waals surface area contributed by atoms with Gasteiger partial charge in [-0.05, 0) is 45.8 Å². The molecule has 0 radical (unpaired) electrons. The molecule has 0 aliphatic heterocycles. The first-order valence-electron chi connectivity index (χ1n) is 5.44. The second-order valence-corrected chi connectivity index (χ2v) is 4.73. The summed E-state index contributed by atoms with van der Waals surface area (Å²) >= 11 is 3.29. The van der Waals surface area contributed by atoms with Crippen LogP contribution in [0.5, 0.6) is 0 Å². The van der Waals surface area contributed by atoms with E-state index in [0.29, 0.717) is 17.9 Å². The number of anilines is 1. The lowest BCUT2D eigenvalue weighted by Crippen LogP contribution is -2.12. The second kappa shape index (κ2) is 5.93. The first-order valence-corrected chi connectivity index (χ1v) is 6.23. The number of hydrogen-bond donors (Lipinski definition) is 2. The Morgan fingerprint density at radius 3 is 2.56 bits per heavy atom. The molecule has 0 spiro atoms. The highest BCUT2D eigenvalue weighted by molar-refractivity contribution is 9.10. The summed E-state index contributed by atoms with van der Waals surface area (Å²) in [4.78, 5) is 4.13. The summed E-state index contributed by atoms with van der Waals surface area (Å²) in [6, 6.07) is 9.46. The smallest absolute Gasteiger partial charge is 0.126 e. The first kappa shape index (κ1) is 13.0. The molecule has 0 saturated heterocycles. The average molecular weight is 311 g/mol. The predicted octanol–water partition coefficient (Wildman–Crippen LogP) is 3.13. The molecule has 1 atom stereocenters. The number of pyridine rings is 1. The van der Waals surface area contributed by atoms with E-state index in [1.54, 1.807) is 18.3 Å². The quantitative estimate of drug-likeness (QED) is 0.912. The SMILES string of the molecule is OC(CNc1ccc(Br)cn1)c1ccc(F)cc1. The third-order valence-corrected chi connectivity index (χ3v) is 2.93. The van der Waals surface area contributed by atoms with Crippen LogP contribution in [0.2, 0.25) is 0 Å². The number of aliphatic hydroxyl groups is 1. The van der Waals surface area contributed by atoms with Crippen LogP contribution >= 0.6 is 15.9 Å². The third-order valence-electron chi connectivity index (χ3n) is 2.46. The van der Waals surface area contributed by atoms with Crippen LogP contribution < -0.4 is 5.32 Å². The maximum Gasteiger partial charge on any atom is 0.126 e. The number of nitrogens with one attached hydrogen (secondary N) is 1. The van der Waals surface area contributed by atoms with Crippen molar-refractivity contribution in [3.63, 3.8) is 0 Å². The zero-order valence-corrected chi connectivity index (χ0v) is 11.1. The highest BCUT2D eigenvalue weighted by Crippen LogP contribution is 2.15. The zero-order valence-electron chi connectivity index (χ0n) is 9.48. The summed E-state index contributed by atoms with van der Waals surface area (Å²) in [5.74, 6) is 0.368. The molecule has 1 heterocycles. The van der Waals surface area contributed by atoms with Gasteiger partial charge in [0.1, 0.15) is 11.6 Å². The summed E-state index contributed by atoms with van der Waals surface area (Å²) in [6.45, 7) is 0.320. The van der Waals surface area contributed by atoms with Gasteiger partial charge in [-0.1, -0.05) is 12.1 Å². The summed E-state index contributed by atoms with van der Waals surface area (Å²) < 4.78 is 13.6. The molecule has 0 aliphatic rings. The van der Waals surface area contributed by atoms with Gasteiger partial charge in [0.15, 0.2) is 0 Å². The highest BCUT2D eigenvalue weighted by Gasteiger charge is 2.07. The number of aliphatic hydroxyl groups excluding tert-OH is 1. The Labute approximate surface area is 113 Å². The van der Waals surface area contributed by atoms with Crippen molar-refractivity contribution >= 4 is 21.7 Å². The van der Waals surface area contributed by atoms with Gasteiger partial charge < -0.3 is 10.4 Å². The minimum atomic E-state index is -0.698. The van der Waals surface area contributed by atoms with E-state index in [4.69, 9.17) is 0 Å². The lowest BCUT2D eigenvalue weighted by Gasteiger charge is -2.12. The van der Waals surface area contributed by atoms with Crippen LogP contribution in [0, 0.1) is 5.82 Å². The lowest BCUT2D eigenvalue weighted by molar-refractivity contribution is 0.191. The molecule has 0 fully saturated rings. The molecular weight excluding hydrogens is 299 g/mol. The van der Waals surface area contributed by atoms with Crippen LogP contribution in [0.15, 0.2) is 47.1 Å². The van der Waals surface area contributed by atoms with Gasteiger partial charge in [-0.2, -0.15) is 0 Å². The molecule has 18 heavy (non-hydrogen) atoms. The summed E-state index contributed by atoms with van der Waals surface area (Å²) in [6.07, 6.45) is 0.975. The zero-order chi connectivity index (χ0) is 13.0. The summed E-state index contributed by atoms with van der Waals surface area (Å²) in [5.41, 5.74) is 0.668. The fraction of sp³-hybridized carbons (Fsp3) is 0.154. The van der Waals surface area contributed by atoms with Gasteiger partial charge in [-0.3, -0.25) is 0 Å². The Bertz CT molecular complexity index is 501. The second-order valence-electron chi connectivity index (χ2n) is 3.81. The van der Waals surface area contributed by atoms with E-state index < -0.39 is 6.10 Å². The highest BCUT2D eigenvalue weighted by atomic mass is 79.9. The van der Waals surface area contributed by atoms with Crippen molar-refractivity contribution in [3.8, 4) is 0 Å². The Morgan fingerprint density at radius 2 is 1.94 bits per heavy atom. The number of benzene rings is 1. The van der Waals surface area contributed by atoms with Crippen molar-refractivity contribution in [1.29, 1.82) is 0 Å². The Morgan fingerprint density at radius 1 is 1.22 bits per heavy atom.